The Morgan fingerprint density at radius 1 is 0.944 bits per heavy atom. The number of carbonyl (C=O) groups is 2. The van der Waals surface area contributed by atoms with Crippen molar-refractivity contribution in [2.75, 3.05) is 52.3 Å². The zero-order chi connectivity index (χ0) is 27.0. The van der Waals surface area contributed by atoms with Crippen LogP contribution in [0.2, 0.25) is 0 Å². The number of amides is 1. The summed E-state index contributed by atoms with van der Waals surface area (Å²) < 4.78 is 12.2. The minimum absolute atomic E-state index is 0.246. The van der Waals surface area contributed by atoms with Crippen LogP contribution in [-0.2, 0) is 4.74 Å². The van der Waals surface area contributed by atoms with Gasteiger partial charge in [-0.05, 0) is 69.0 Å². The lowest BCUT2D eigenvalue weighted by Gasteiger charge is -2.31. The lowest BCUT2D eigenvalue weighted by atomic mass is 10.1. The number of nitrogens with one attached hydrogen (secondary N) is 1. The molecule has 0 aliphatic rings. The van der Waals surface area contributed by atoms with E-state index in [1.54, 1.807) is 30.3 Å². The summed E-state index contributed by atoms with van der Waals surface area (Å²) in [7, 11) is 3.15. The smallest absolute Gasteiger partial charge is 0.338 e. The maximum Gasteiger partial charge on any atom is 0.338 e. The highest BCUT2D eigenvalue weighted by Gasteiger charge is 2.18. The summed E-state index contributed by atoms with van der Waals surface area (Å²) in [4.78, 5) is 25.2. The molecular weight excluding hydrogens is 456 g/mol. The molecule has 0 unspecified atom stereocenters. The molecule has 2 aromatic carbocycles. The summed E-state index contributed by atoms with van der Waals surface area (Å²) in [5.41, 5.74) is 1.56. The van der Waals surface area contributed by atoms with Gasteiger partial charge in [0.25, 0.3) is 5.91 Å². The maximum atomic E-state index is 12.8. The van der Waals surface area contributed by atoms with E-state index in [1.807, 2.05) is 18.2 Å². The number of nitrogens with zero attached hydrogens (tertiary/aromatic N) is 1. The van der Waals surface area contributed by atoms with Gasteiger partial charge < -0.3 is 24.4 Å². The van der Waals surface area contributed by atoms with E-state index in [0.29, 0.717) is 41.7 Å². The Hall–Kier alpha value is -2.90. The van der Waals surface area contributed by atoms with Crippen LogP contribution in [0.25, 0.3) is 0 Å². The maximum absolute atomic E-state index is 12.8. The first-order valence-corrected chi connectivity index (χ1v) is 12.9. The average molecular weight is 502 g/mol. The number of ether oxygens (including phenoxy) is 2. The molecule has 2 aromatic rings. The van der Waals surface area contributed by atoms with Crippen LogP contribution >= 0.6 is 0 Å². The van der Waals surface area contributed by atoms with Gasteiger partial charge in [-0.3, -0.25) is 4.79 Å². The predicted molar refractivity (Wildman–Crippen MR) is 146 cm³/mol. The Morgan fingerprint density at radius 2 is 1.58 bits per heavy atom. The average Bonchev–Trinajstić information content (AvgIpc) is 2.90. The second kappa shape index (κ2) is 16.7. The van der Waals surface area contributed by atoms with Crippen LogP contribution in [-0.4, -0.2) is 68.5 Å². The molecule has 0 saturated heterocycles. The monoisotopic (exact) mass is 501 g/mol. The number of hydrogen-bond acceptors (Lipinski definition) is 5. The molecule has 2 N–H and O–H groups in total. The standard InChI is InChI=1S/C28H40N2O4.CH4O/c1-6-30(5,7-2)19-21-34-28(32)23-15-17-24(18-16-23)29-27(31)25-13-8-9-14-26(25)33-20-11-10-12-22(3)4;1-2/h8-9,13-18,22H,6-7,10-12,19-21H2,1-5H3;2H,1H3/p+1. The minimum Gasteiger partial charge on any atom is -0.493 e. The van der Waals surface area contributed by atoms with E-state index in [2.05, 4.69) is 40.1 Å². The second-order valence-electron chi connectivity index (χ2n) is 9.38. The van der Waals surface area contributed by atoms with E-state index in [1.165, 1.54) is 6.42 Å². The number of esters is 1. The van der Waals surface area contributed by atoms with Crippen LogP contribution in [0.15, 0.2) is 48.5 Å². The van der Waals surface area contributed by atoms with Crippen molar-refractivity contribution in [3.05, 3.63) is 59.7 Å². The highest BCUT2D eigenvalue weighted by atomic mass is 16.5. The van der Waals surface area contributed by atoms with Crippen molar-refractivity contribution in [3.63, 3.8) is 0 Å². The number of unbranched alkanes of at least 4 members (excludes halogenated alkanes) is 1. The Morgan fingerprint density at radius 3 is 2.19 bits per heavy atom. The summed E-state index contributed by atoms with van der Waals surface area (Å²) in [5, 5.41) is 9.89. The Bertz CT molecular complexity index is 908. The molecule has 1 amide bonds. The summed E-state index contributed by atoms with van der Waals surface area (Å²) in [6, 6.07) is 14.0. The van der Waals surface area contributed by atoms with Gasteiger partial charge in [-0.2, -0.15) is 0 Å². The summed E-state index contributed by atoms with van der Waals surface area (Å²) in [6.07, 6.45) is 3.24. The first kappa shape index (κ1) is 31.1. The van der Waals surface area contributed by atoms with Crippen LogP contribution in [0, 0.1) is 5.92 Å². The van der Waals surface area contributed by atoms with Crippen molar-refractivity contribution in [3.8, 4) is 5.75 Å². The minimum atomic E-state index is -0.354. The number of quaternary nitrogens is 1. The van der Waals surface area contributed by atoms with Gasteiger partial charge in [-0.25, -0.2) is 4.79 Å². The highest BCUT2D eigenvalue weighted by Crippen LogP contribution is 2.21. The molecule has 0 atom stereocenters. The molecule has 200 valence electrons. The Balaban J connectivity index is 0.00000316. The van der Waals surface area contributed by atoms with Crippen LogP contribution in [0.4, 0.5) is 5.69 Å². The van der Waals surface area contributed by atoms with Crippen molar-refractivity contribution < 1.29 is 28.7 Å². The molecular formula is C29H45N2O5+. The van der Waals surface area contributed by atoms with Gasteiger partial charge >= 0.3 is 5.97 Å². The van der Waals surface area contributed by atoms with Crippen molar-refractivity contribution >= 4 is 17.6 Å². The molecule has 0 fully saturated rings. The fourth-order valence-corrected chi connectivity index (χ4v) is 3.49. The normalized spacial score (nSPS) is 10.9. The molecule has 0 bridgehead atoms. The largest absolute Gasteiger partial charge is 0.493 e. The molecule has 0 aliphatic carbocycles. The summed E-state index contributed by atoms with van der Waals surface area (Å²) >= 11 is 0. The van der Waals surface area contributed by atoms with Crippen molar-refractivity contribution in [2.24, 2.45) is 5.92 Å². The number of likely N-dealkylation sites (N-methyl/N-ethyl adjacent to an activating group) is 1. The topological polar surface area (TPSA) is 84.9 Å². The van der Waals surface area contributed by atoms with E-state index >= 15 is 0 Å². The van der Waals surface area contributed by atoms with E-state index in [4.69, 9.17) is 14.6 Å². The van der Waals surface area contributed by atoms with E-state index < -0.39 is 0 Å². The van der Waals surface area contributed by atoms with E-state index in [0.717, 1.165) is 44.1 Å². The van der Waals surface area contributed by atoms with Crippen molar-refractivity contribution in [1.29, 1.82) is 0 Å². The quantitative estimate of drug-likeness (QED) is 0.206. The fourth-order valence-electron chi connectivity index (χ4n) is 3.49. The number of para-hydroxylation sites is 1. The molecule has 0 saturated carbocycles. The Labute approximate surface area is 217 Å². The van der Waals surface area contributed by atoms with E-state index in [9.17, 15) is 9.59 Å². The first-order chi connectivity index (χ1) is 17.3. The number of carbonyl (C=O) groups excluding carboxylic acids is 2. The molecule has 0 spiro atoms. The molecule has 0 aliphatic heterocycles. The third-order valence-corrected chi connectivity index (χ3v) is 6.33. The predicted octanol–water partition coefficient (Wildman–Crippen LogP) is 5.40. The lowest BCUT2D eigenvalue weighted by molar-refractivity contribution is -0.906. The zero-order valence-corrected chi connectivity index (χ0v) is 22.9. The second-order valence-corrected chi connectivity index (χ2v) is 9.38. The third kappa shape index (κ3) is 10.8. The number of aliphatic hydroxyl groups is 1. The summed E-state index contributed by atoms with van der Waals surface area (Å²) in [5.74, 6) is 0.662. The third-order valence-electron chi connectivity index (χ3n) is 6.33. The fraction of sp³-hybridized carbons (Fsp3) is 0.517. The lowest BCUT2D eigenvalue weighted by Crippen LogP contribution is -2.46. The highest BCUT2D eigenvalue weighted by molar-refractivity contribution is 6.06. The van der Waals surface area contributed by atoms with Crippen LogP contribution < -0.4 is 10.1 Å². The summed E-state index contributed by atoms with van der Waals surface area (Å²) in [6.45, 7) is 12.4. The van der Waals surface area contributed by atoms with Gasteiger partial charge in [0.15, 0.2) is 0 Å². The molecule has 0 heterocycles. The first-order valence-electron chi connectivity index (χ1n) is 12.9. The molecule has 7 nitrogen and oxygen atoms in total. The van der Waals surface area contributed by atoms with Crippen LogP contribution in [0.1, 0.15) is 67.7 Å². The molecule has 2 rings (SSSR count). The number of benzene rings is 2. The molecule has 36 heavy (non-hydrogen) atoms. The number of rotatable bonds is 14. The van der Waals surface area contributed by atoms with Gasteiger partial charge in [0.05, 0.1) is 37.9 Å². The van der Waals surface area contributed by atoms with Crippen molar-refractivity contribution in [2.45, 2.75) is 47.0 Å². The number of aliphatic hydroxyl groups excluding tert-OH is 1. The van der Waals surface area contributed by atoms with Gasteiger partial charge in [-0.15, -0.1) is 0 Å². The van der Waals surface area contributed by atoms with E-state index in [-0.39, 0.29) is 11.9 Å². The van der Waals surface area contributed by atoms with Crippen LogP contribution in [0.3, 0.4) is 0 Å². The molecule has 0 aromatic heterocycles. The number of hydrogen-bond donors (Lipinski definition) is 2. The zero-order valence-electron chi connectivity index (χ0n) is 22.9. The molecule has 0 radical (unpaired) electrons. The van der Waals surface area contributed by atoms with Crippen molar-refractivity contribution in [1.82, 2.24) is 0 Å². The van der Waals surface area contributed by atoms with Crippen LogP contribution in [0.5, 0.6) is 5.75 Å². The van der Waals surface area contributed by atoms with Gasteiger partial charge in [-0.1, -0.05) is 32.4 Å². The van der Waals surface area contributed by atoms with Gasteiger partial charge in [0, 0.05) is 12.8 Å². The van der Waals surface area contributed by atoms with Gasteiger partial charge in [0.2, 0.25) is 0 Å². The SMILES string of the molecule is CC[N+](C)(CC)CCOC(=O)c1ccc(NC(=O)c2ccccc2OCCCCC(C)C)cc1.CO. The van der Waals surface area contributed by atoms with Gasteiger partial charge in [0.1, 0.15) is 18.9 Å². The molecule has 7 heteroatoms. The number of anilines is 1. The Kier molecular flexibility index (Phi) is 14.5.